The van der Waals surface area contributed by atoms with Crippen molar-refractivity contribution in [3.05, 3.63) is 41.1 Å². The number of ether oxygens (including phenoxy) is 3. The van der Waals surface area contributed by atoms with Gasteiger partial charge in [-0.25, -0.2) is 14.3 Å². The maximum atomic E-state index is 13.6. The summed E-state index contributed by atoms with van der Waals surface area (Å²) in [7, 11) is 0. The summed E-state index contributed by atoms with van der Waals surface area (Å²) in [5.41, 5.74) is 1.19. The van der Waals surface area contributed by atoms with Crippen molar-refractivity contribution in [1.29, 1.82) is 0 Å². The standard InChI is InChI=1S/C31H41N5O10/c1-5-43-29(41)31(10-7-11-31)45-25-19-24(33-36(25)22-17-20(3)16-21(4)18-22)27(39)32-23(8-9-26(37)38)28(40)34-12-14-35(15-13-34)46-30(42)44-6-2/h16-19,23H,5-15H2,1-4H3,(H,32,39)(H,37,38)/t23-/m0/s1. The van der Waals surface area contributed by atoms with E-state index in [0.717, 1.165) is 17.5 Å². The highest BCUT2D eigenvalue weighted by Gasteiger charge is 2.49. The topological polar surface area (TPSA) is 179 Å². The largest absolute Gasteiger partial charge is 0.527 e. The summed E-state index contributed by atoms with van der Waals surface area (Å²) in [5.74, 6) is -2.67. The minimum atomic E-state index is -1.21. The van der Waals surface area contributed by atoms with Crippen molar-refractivity contribution in [2.24, 2.45) is 0 Å². The zero-order valence-corrected chi connectivity index (χ0v) is 26.6. The molecule has 2 fully saturated rings. The zero-order chi connectivity index (χ0) is 33.4. The van der Waals surface area contributed by atoms with Crippen LogP contribution < -0.4 is 10.1 Å². The number of piperazine rings is 1. The fourth-order valence-corrected chi connectivity index (χ4v) is 5.34. The molecule has 1 atom stereocenters. The van der Waals surface area contributed by atoms with Crippen molar-refractivity contribution in [3.63, 3.8) is 0 Å². The Bertz CT molecular complexity index is 1420. The van der Waals surface area contributed by atoms with E-state index in [1.807, 2.05) is 32.0 Å². The molecule has 0 bridgehead atoms. The molecule has 1 saturated heterocycles. The normalized spacial score (nSPS) is 16.5. The molecule has 2 aromatic rings. The summed E-state index contributed by atoms with van der Waals surface area (Å²) in [6.07, 6.45) is 0.274. The van der Waals surface area contributed by atoms with Crippen LogP contribution in [0.1, 0.15) is 67.6 Å². The second-order valence-corrected chi connectivity index (χ2v) is 11.3. The molecule has 1 aromatic carbocycles. The summed E-state index contributed by atoms with van der Waals surface area (Å²) in [4.78, 5) is 69.6. The molecule has 0 radical (unpaired) electrons. The van der Waals surface area contributed by atoms with Crippen molar-refractivity contribution >= 4 is 29.9 Å². The number of aliphatic carboxylic acids is 1. The number of amides is 2. The van der Waals surface area contributed by atoms with Gasteiger partial charge in [-0.3, -0.25) is 14.4 Å². The number of carboxylic acids is 1. The second-order valence-electron chi connectivity index (χ2n) is 11.3. The van der Waals surface area contributed by atoms with E-state index in [2.05, 4.69) is 10.4 Å². The van der Waals surface area contributed by atoms with E-state index in [4.69, 9.17) is 19.0 Å². The maximum absolute atomic E-state index is 13.6. The average Bonchev–Trinajstić information content (AvgIpc) is 3.40. The third kappa shape index (κ3) is 8.33. The number of esters is 1. The number of aryl methyl sites for hydroxylation is 2. The number of hydroxylamine groups is 2. The number of hydrogen-bond donors (Lipinski definition) is 2. The van der Waals surface area contributed by atoms with Gasteiger partial charge in [0.25, 0.3) is 5.91 Å². The Balaban J connectivity index is 1.56. The maximum Gasteiger partial charge on any atom is 0.527 e. The van der Waals surface area contributed by atoms with E-state index in [0.29, 0.717) is 18.5 Å². The molecule has 2 aliphatic rings. The molecule has 2 amide bonds. The highest BCUT2D eigenvalue weighted by Crippen LogP contribution is 2.39. The van der Waals surface area contributed by atoms with Crippen LogP contribution in [0.2, 0.25) is 0 Å². The molecule has 15 nitrogen and oxygen atoms in total. The van der Waals surface area contributed by atoms with Gasteiger partial charge in [-0.15, -0.1) is 5.06 Å². The van der Waals surface area contributed by atoms with Gasteiger partial charge in [0.1, 0.15) is 6.04 Å². The van der Waals surface area contributed by atoms with Crippen LogP contribution in [0.25, 0.3) is 5.69 Å². The van der Waals surface area contributed by atoms with Gasteiger partial charge in [0.2, 0.25) is 17.4 Å². The third-order valence-electron chi connectivity index (χ3n) is 7.74. The van der Waals surface area contributed by atoms with E-state index in [1.165, 1.54) is 20.7 Å². The van der Waals surface area contributed by atoms with E-state index in [-0.39, 0.29) is 63.8 Å². The minimum Gasteiger partial charge on any atom is -0.481 e. The summed E-state index contributed by atoms with van der Waals surface area (Å²) < 4.78 is 17.8. The monoisotopic (exact) mass is 643 g/mol. The predicted octanol–water partition coefficient (Wildman–Crippen LogP) is 2.55. The first-order valence-corrected chi connectivity index (χ1v) is 15.4. The Morgan fingerprint density at radius 3 is 2.17 bits per heavy atom. The van der Waals surface area contributed by atoms with Gasteiger partial charge in [-0.2, -0.15) is 5.10 Å². The highest BCUT2D eigenvalue weighted by atomic mass is 16.8. The highest BCUT2D eigenvalue weighted by molar-refractivity contribution is 5.96. The van der Waals surface area contributed by atoms with Crippen LogP contribution in [-0.4, -0.2) is 106 Å². The van der Waals surface area contributed by atoms with E-state index in [9.17, 15) is 29.1 Å². The molecule has 46 heavy (non-hydrogen) atoms. The number of nitrogens with zero attached hydrogens (tertiary/aromatic N) is 4. The molecule has 1 aliphatic carbocycles. The van der Waals surface area contributed by atoms with Gasteiger partial charge < -0.3 is 34.4 Å². The Hall–Kier alpha value is -4.66. The fraction of sp³-hybridized carbons (Fsp3) is 0.548. The van der Waals surface area contributed by atoms with E-state index < -0.39 is 41.6 Å². The number of carbonyl (C=O) groups excluding carboxylic acids is 4. The van der Waals surface area contributed by atoms with Crippen molar-refractivity contribution in [3.8, 4) is 11.6 Å². The number of benzene rings is 1. The summed E-state index contributed by atoms with van der Waals surface area (Å²) >= 11 is 0. The zero-order valence-electron chi connectivity index (χ0n) is 26.6. The van der Waals surface area contributed by atoms with E-state index in [1.54, 1.807) is 13.8 Å². The number of hydrogen-bond acceptors (Lipinski definition) is 11. The molecular weight excluding hydrogens is 602 g/mol. The number of carbonyl (C=O) groups is 5. The first-order chi connectivity index (χ1) is 21.9. The number of rotatable bonds is 13. The minimum absolute atomic E-state index is 0.0896. The summed E-state index contributed by atoms with van der Waals surface area (Å²) in [5, 5.41) is 17.9. The molecule has 1 aromatic heterocycles. The molecule has 1 saturated carbocycles. The molecule has 250 valence electrons. The number of nitrogens with one attached hydrogen (secondary N) is 1. The van der Waals surface area contributed by atoms with Gasteiger partial charge in [0.05, 0.1) is 32.0 Å². The fourth-order valence-electron chi connectivity index (χ4n) is 5.34. The number of aromatic nitrogens is 2. The van der Waals surface area contributed by atoms with Gasteiger partial charge in [0.15, 0.2) is 5.69 Å². The average molecular weight is 644 g/mol. The molecule has 0 unspecified atom stereocenters. The van der Waals surface area contributed by atoms with Crippen LogP contribution in [0.3, 0.4) is 0 Å². The molecule has 2 N–H and O–H groups in total. The van der Waals surface area contributed by atoms with Gasteiger partial charge in [0, 0.05) is 25.6 Å². The molecule has 4 rings (SSSR count). The summed E-state index contributed by atoms with van der Waals surface area (Å²) in [6.45, 7) is 8.30. The predicted molar refractivity (Wildman–Crippen MR) is 161 cm³/mol. The van der Waals surface area contributed by atoms with Crippen molar-refractivity contribution in [1.82, 2.24) is 25.1 Å². The Kier molecular flexibility index (Phi) is 11.2. The van der Waals surface area contributed by atoms with Crippen LogP contribution in [0.4, 0.5) is 4.79 Å². The van der Waals surface area contributed by atoms with Crippen molar-refractivity contribution in [2.75, 3.05) is 39.4 Å². The Morgan fingerprint density at radius 1 is 0.957 bits per heavy atom. The Morgan fingerprint density at radius 2 is 1.61 bits per heavy atom. The van der Waals surface area contributed by atoms with Crippen LogP contribution >= 0.6 is 0 Å². The number of carboxylic acid groups (broad SMARTS) is 1. The lowest BCUT2D eigenvalue weighted by Crippen LogP contribution is -2.55. The van der Waals surface area contributed by atoms with Crippen LogP contribution in [-0.2, 0) is 28.7 Å². The molecule has 2 heterocycles. The SMILES string of the molecule is CCOC(=O)ON1CCN(C(=O)[C@H](CCC(=O)O)NC(=O)c2cc(OC3(C(=O)OCC)CCC3)n(-c3cc(C)cc(C)c3)n2)CC1. The summed E-state index contributed by atoms with van der Waals surface area (Å²) in [6, 6.07) is 5.92. The molecule has 0 spiro atoms. The second kappa shape index (κ2) is 15.1. The van der Waals surface area contributed by atoms with Gasteiger partial charge >= 0.3 is 18.1 Å². The Labute approximate surface area is 266 Å². The lowest BCUT2D eigenvalue weighted by atomic mass is 9.80. The van der Waals surface area contributed by atoms with Crippen LogP contribution in [0.15, 0.2) is 24.3 Å². The first-order valence-electron chi connectivity index (χ1n) is 15.4. The van der Waals surface area contributed by atoms with Gasteiger partial charge in [-0.05, 0) is 76.6 Å². The third-order valence-corrected chi connectivity index (χ3v) is 7.74. The first kappa shape index (κ1) is 34.2. The van der Waals surface area contributed by atoms with Crippen LogP contribution in [0.5, 0.6) is 5.88 Å². The van der Waals surface area contributed by atoms with Crippen LogP contribution in [0, 0.1) is 13.8 Å². The van der Waals surface area contributed by atoms with E-state index >= 15 is 0 Å². The van der Waals surface area contributed by atoms with Crippen molar-refractivity contribution < 1.29 is 48.1 Å². The van der Waals surface area contributed by atoms with Gasteiger partial charge in [-0.1, -0.05) is 6.07 Å². The molecule has 1 aliphatic heterocycles. The lowest BCUT2D eigenvalue weighted by Gasteiger charge is -2.38. The van der Waals surface area contributed by atoms with Crippen molar-refractivity contribution in [2.45, 2.75) is 71.4 Å². The quantitative estimate of drug-likeness (QED) is 0.305. The lowest BCUT2D eigenvalue weighted by molar-refractivity contribution is -0.170. The smallest absolute Gasteiger partial charge is 0.481 e. The molecular formula is C31H41N5O10. The molecule has 15 heteroatoms.